The molecule has 0 aliphatic carbocycles. The summed E-state index contributed by atoms with van der Waals surface area (Å²) >= 11 is 0. The third-order valence-corrected chi connectivity index (χ3v) is 5.29. The van der Waals surface area contributed by atoms with Gasteiger partial charge in [-0.1, -0.05) is 77.3 Å². The van der Waals surface area contributed by atoms with E-state index in [1.165, 1.54) is 0 Å². The third kappa shape index (κ3) is 19.9. The Bertz CT molecular complexity index is 1120. The minimum absolute atomic E-state index is 0.00899. The molecule has 0 saturated heterocycles. The average molecular weight is 598 g/mol. The molecule has 0 bridgehead atoms. The number of ether oxygens (including phenoxy) is 2. The predicted molar refractivity (Wildman–Crippen MR) is 184 cm³/mol. The van der Waals surface area contributed by atoms with Crippen LogP contribution in [0, 0.1) is 12.3 Å². The van der Waals surface area contributed by atoms with E-state index < -0.39 is 5.60 Å². The van der Waals surface area contributed by atoms with Crippen molar-refractivity contribution < 1.29 is 14.3 Å². The molecule has 7 nitrogen and oxygen atoms in total. The number of aryl methyl sites for hydroxylation is 3. The van der Waals surface area contributed by atoms with Gasteiger partial charge in [0.2, 0.25) is 0 Å². The summed E-state index contributed by atoms with van der Waals surface area (Å²) in [7, 11) is 0. The van der Waals surface area contributed by atoms with E-state index in [-0.39, 0.29) is 11.7 Å². The molecule has 0 aliphatic heterocycles. The number of nitrogens with zero attached hydrogens (tertiary/aromatic N) is 3. The number of rotatable bonds is 13. The highest BCUT2D eigenvalue weighted by molar-refractivity contribution is 5.79. The zero-order chi connectivity index (χ0) is 33.7. The van der Waals surface area contributed by atoms with Crippen LogP contribution in [0.25, 0.3) is 0 Å². The predicted octanol–water partition coefficient (Wildman–Crippen LogP) is 8.37. The van der Waals surface area contributed by atoms with Crippen molar-refractivity contribution in [3.63, 3.8) is 0 Å². The van der Waals surface area contributed by atoms with Crippen LogP contribution in [0.2, 0.25) is 0 Å². The number of carbonyl (C=O) groups is 1. The Hall–Kier alpha value is -3.79. The van der Waals surface area contributed by atoms with Crippen molar-refractivity contribution in [3.8, 4) is 18.1 Å². The summed E-state index contributed by atoms with van der Waals surface area (Å²) in [6.45, 7) is 27.3. The second-order valence-corrected chi connectivity index (χ2v) is 9.33. The first-order valence-electron chi connectivity index (χ1n) is 15.4. The van der Waals surface area contributed by atoms with Crippen LogP contribution in [0.1, 0.15) is 99.9 Å². The molecule has 0 radical (unpaired) electrons. The lowest BCUT2D eigenvalue weighted by molar-refractivity contribution is -0.158. The van der Waals surface area contributed by atoms with Crippen molar-refractivity contribution in [3.05, 3.63) is 83.6 Å². The monoisotopic (exact) mass is 597 g/mol. The second-order valence-electron chi connectivity index (χ2n) is 9.33. The van der Waals surface area contributed by atoms with Crippen molar-refractivity contribution in [2.24, 2.45) is 0 Å². The number of esters is 1. The average Bonchev–Trinajstić information content (AvgIpc) is 3.28. The Morgan fingerprint density at radius 2 is 1.60 bits per heavy atom. The molecule has 242 valence electrons. The fourth-order valence-electron chi connectivity index (χ4n) is 3.33. The van der Waals surface area contributed by atoms with Crippen molar-refractivity contribution in [1.29, 1.82) is 0 Å². The Labute approximate surface area is 262 Å². The lowest BCUT2D eigenvalue weighted by Gasteiger charge is -2.24. The molecule has 43 heavy (non-hydrogen) atoms. The largest absolute Gasteiger partial charge is 0.476 e. The van der Waals surface area contributed by atoms with Gasteiger partial charge in [-0.05, 0) is 84.9 Å². The number of benzene rings is 1. The van der Waals surface area contributed by atoms with Crippen LogP contribution in [0.5, 0.6) is 5.75 Å². The highest BCUT2D eigenvalue weighted by atomic mass is 16.6. The molecule has 0 spiro atoms. The van der Waals surface area contributed by atoms with E-state index >= 15 is 0 Å². The number of allylic oxidation sites excluding steroid dienone is 4. The maximum absolute atomic E-state index is 12.5. The molecule has 0 N–H and O–H groups in total. The first-order valence-corrected chi connectivity index (χ1v) is 15.4. The molecule has 0 unspecified atom stereocenters. The fourth-order valence-corrected chi connectivity index (χ4v) is 3.33. The molecule has 0 aliphatic rings. The van der Waals surface area contributed by atoms with Gasteiger partial charge in [-0.2, -0.15) is 5.10 Å². The van der Waals surface area contributed by atoms with E-state index in [9.17, 15) is 9.59 Å². The van der Waals surface area contributed by atoms with Crippen molar-refractivity contribution in [2.75, 3.05) is 6.61 Å². The van der Waals surface area contributed by atoms with Crippen molar-refractivity contribution in [1.82, 2.24) is 14.3 Å². The summed E-state index contributed by atoms with van der Waals surface area (Å²) in [5.74, 6) is 3.36. The van der Waals surface area contributed by atoms with Gasteiger partial charge in [0.15, 0.2) is 5.60 Å². The van der Waals surface area contributed by atoms with Gasteiger partial charge in [-0.15, -0.1) is 12.3 Å². The second kappa shape index (κ2) is 28.3. The Balaban J connectivity index is -0.00000105. The molecular formula is C36H59N3O4. The van der Waals surface area contributed by atoms with Gasteiger partial charge in [-0.25, -0.2) is 14.3 Å². The van der Waals surface area contributed by atoms with E-state index in [2.05, 4.69) is 37.5 Å². The molecular weight excluding hydrogens is 538 g/mol. The minimum Gasteiger partial charge on any atom is -0.476 e. The molecule has 0 saturated carbocycles. The van der Waals surface area contributed by atoms with Crippen LogP contribution in [0.15, 0.2) is 66.5 Å². The molecule has 2 rings (SSSR count). The van der Waals surface area contributed by atoms with Crippen LogP contribution < -0.4 is 10.4 Å². The zero-order valence-corrected chi connectivity index (χ0v) is 28.7. The molecule has 0 amide bonds. The van der Waals surface area contributed by atoms with E-state index in [0.717, 1.165) is 43.5 Å². The van der Waals surface area contributed by atoms with E-state index in [1.807, 2.05) is 71.0 Å². The Morgan fingerprint density at radius 3 is 2.07 bits per heavy atom. The number of hydrogen-bond donors (Lipinski definition) is 0. The Morgan fingerprint density at radius 1 is 1.05 bits per heavy atom. The number of hydrogen-bond acceptors (Lipinski definition) is 5. The number of carbonyl (C=O) groups excluding carboxylic acids is 1. The van der Waals surface area contributed by atoms with Crippen molar-refractivity contribution in [2.45, 2.75) is 120 Å². The summed E-state index contributed by atoms with van der Waals surface area (Å²) in [5, 5.41) is 4.54. The van der Waals surface area contributed by atoms with Crippen LogP contribution in [-0.2, 0) is 35.5 Å². The molecule has 1 aromatic heterocycles. The standard InChI is InChI=1S/C23H35N3O4.C4H8.C4H6.C3H4.C2H6/c1-6-15-25-20(24-26(16-7-2)22(25)28)14-10-12-18-11-9-13-19(17-18)30-23(4,5)21(27)29-8-3;2*1-3-4-2;1-3-2;1-2/h9,11,13,17H,6-8,10,12,14-16H2,1-5H3;3-4H,1-2H3;3-4H,1-2H2;1H,2H3;1-2H3/b;4-3-;;;. The van der Waals surface area contributed by atoms with Gasteiger partial charge in [0, 0.05) is 19.5 Å². The van der Waals surface area contributed by atoms with Crippen molar-refractivity contribution >= 4 is 5.97 Å². The minimum atomic E-state index is -1.04. The molecule has 7 heteroatoms. The van der Waals surface area contributed by atoms with Crippen LogP contribution in [-0.4, -0.2) is 32.5 Å². The molecule has 0 atom stereocenters. The smallest absolute Gasteiger partial charge is 0.349 e. The van der Waals surface area contributed by atoms with E-state index in [0.29, 0.717) is 25.4 Å². The Kier molecular flexibility index (Phi) is 28.8. The topological polar surface area (TPSA) is 75.4 Å². The normalized spacial score (nSPS) is 9.70. The number of aromatic nitrogens is 3. The summed E-state index contributed by atoms with van der Waals surface area (Å²) in [4.78, 5) is 24.6. The van der Waals surface area contributed by atoms with Gasteiger partial charge in [0.1, 0.15) is 11.6 Å². The summed E-state index contributed by atoms with van der Waals surface area (Å²) in [5.41, 5.74) is 0.0616. The lowest BCUT2D eigenvalue weighted by atomic mass is 10.1. The van der Waals surface area contributed by atoms with Gasteiger partial charge < -0.3 is 9.47 Å². The van der Waals surface area contributed by atoms with E-state index in [1.54, 1.807) is 49.1 Å². The van der Waals surface area contributed by atoms with Gasteiger partial charge in [0.25, 0.3) is 0 Å². The molecule has 1 heterocycles. The lowest BCUT2D eigenvalue weighted by Crippen LogP contribution is -2.39. The quantitative estimate of drug-likeness (QED) is 0.100. The molecule has 0 fully saturated rings. The van der Waals surface area contributed by atoms with Gasteiger partial charge in [0.05, 0.1) is 6.61 Å². The van der Waals surface area contributed by atoms with Gasteiger partial charge >= 0.3 is 11.7 Å². The van der Waals surface area contributed by atoms with Crippen LogP contribution >= 0.6 is 0 Å². The maximum Gasteiger partial charge on any atom is 0.349 e. The first-order chi connectivity index (χ1) is 20.6. The van der Waals surface area contributed by atoms with Gasteiger partial charge in [-0.3, -0.25) is 4.57 Å². The fraction of sp³-hybridized carbons (Fsp3) is 0.528. The third-order valence-electron chi connectivity index (χ3n) is 5.29. The number of terminal acetylenes is 1. The van der Waals surface area contributed by atoms with Crippen LogP contribution in [0.3, 0.4) is 0 Å². The SMILES string of the molecule is C#CC.C/C=C\C.C=CC=C.CC.CCCn1nc(CCCc2cccc(OC(C)(C)C(=O)OCC)c2)n(CCC)c1=O. The maximum atomic E-state index is 12.5. The highest BCUT2D eigenvalue weighted by Gasteiger charge is 2.31. The highest BCUT2D eigenvalue weighted by Crippen LogP contribution is 2.22. The summed E-state index contributed by atoms with van der Waals surface area (Å²) < 4.78 is 14.3. The molecule has 1 aromatic carbocycles. The first kappa shape index (κ1) is 43.7. The zero-order valence-electron chi connectivity index (χ0n) is 28.7. The summed E-state index contributed by atoms with van der Waals surface area (Å²) in [6, 6.07) is 7.76. The molecule has 2 aromatic rings. The van der Waals surface area contributed by atoms with E-state index in [4.69, 9.17) is 9.47 Å². The summed E-state index contributed by atoms with van der Waals surface area (Å²) in [6.07, 6.45) is 16.1. The van der Waals surface area contributed by atoms with Crippen LogP contribution in [0.4, 0.5) is 0 Å².